The normalized spacial score (nSPS) is 18.4. The van der Waals surface area contributed by atoms with E-state index in [0.717, 1.165) is 36.2 Å². The number of aromatic nitrogens is 3. The highest BCUT2D eigenvalue weighted by Gasteiger charge is 2.27. The molecule has 33 heavy (non-hydrogen) atoms. The van der Waals surface area contributed by atoms with Crippen molar-refractivity contribution in [3.8, 4) is 5.88 Å². The summed E-state index contributed by atoms with van der Waals surface area (Å²) in [4.78, 5) is 32.3. The van der Waals surface area contributed by atoms with E-state index in [-0.39, 0.29) is 18.4 Å². The number of carbonyl (C=O) groups excluding carboxylic acids is 2. The number of nitrogens with one attached hydrogen (secondary N) is 1. The number of para-hydroxylation sites is 1. The van der Waals surface area contributed by atoms with Crippen molar-refractivity contribution in [3.05, 3.63) is 47.2 Å². The second-order valence-corrected chi connectivity index (χ2v) is 9.25. The number of rotatable bonds is 5. The summed E-state index contributed by atoms with van der Waals surface area (Å²) >= 11 is 0. The Morgan fingerprint density at radius 2 is 1.85 bits per heavy atom. The SMILES string of the molecule is Cc1cc(C)c2c(OCC(=O)Nc3ccccc3C(=O)N3C[C@H](C)C[C@H](C)C3)nn(C)c2n1. The van der Waals surface area contributed by atoms with Crippen LogP contribution in [0.5, 0.6) is 5.88 Å². The first-order valence-electron chi connectivity index (χ1n) is 11.3. The minimum atomic E-state index is -0.354. The van der Waals surface area contributed by atoms with Gasteiger partial charge in [0.25, 0.3) is 11.8 Å². The Balaban J connectivity index is 1.47. The van der Waals surface area contributed by atoms with E-state index >= 15 is 0 Å². The van der Waals surface area contributed by atoms with Gasteiger partial charge in [-0.15, -0.1) is 5.10 Å². The number of anilines is 1. The molecular weight excluding hydrogens is 418 g/mol. The summed E-state index contributed by atoms with van der Waals surface area (Å²) < 4.78 is 7.41. The number of aryl methyl sites for hydroxylation is 3. The maximum Gasteiger partial charge on any atom is 0.262 e. The minimum absolute atomic E-state index is 0.0574. The zero-order valence-electron chi connectivity index (χ0n) is 19.9. The van der Waals surface area contributed by atoms with Gasteiger partial charge >= 0.3 is 0 Å². The van der Waals surface area contributed by atoms with Gasteiger partial charge in [0.1, 0.15) is 0 Å². The molecule has 0 radical (unpaired) electrons. The Bertz CT molecular complexity index is 1190. The van der Waals surface area contributed by atoms with E-state index in [9.17, 15) is 9.59 Å². The van der Waals surface area contributed by atoms with Gasteiger partial charge in [0.2, 0.25) is 5.88 Å². The maximum absolute atomic E-state index is 13.2. The van der Waals surface area contributed by atoms with E-state index in [1.54, 1.807) is 29.9 Å². The molecular formula is C25H31N5O3. The van der Waals surface area contributed by atoms with E-state index in [4.69, 9.17) is 4.74 Å². The van der Waals surface area contributed by atoms with Crippen LogP contribution in [0, 0.1) is 25.7 Å². The molecule has 0 aliphatic carbocycles. The average molecular weight is 450 g/mol. The number of nitrogens with zero attached hydrogens (tertiary/aromatic N) is 4. The second kappa shape index (κ2) is 9.21. The average Bonchev–Trinajstić information content (AvgIpc) is 3.07. The van der Waals surface area contributed by atoms with Crippen LogP contribution in [0.1, 0.15) is 41.9 Å². The predicted molar refractivity (Wildman–Crippen MR) is 127 cm³/mol. The first-order valence-corrected chi connectivity index (χ1v) is 11.3. The molecule has 2 aromatic heterocycles. The van der Waals surface area contributed by atoms with Gasteiger partial charge in [-0.2, -0.15) is 0 Å². The molecule has 174 valence electrons. The van der Waals surface area contributed by atoms with E-state index in [0.29, 0.717) is 34.6 Å². The molecule has 3 aromatic rings. The number of benzene rings is 1. The van der Waals surface area contributed by atoms with Crippen LogP contribution in [0.4, 0.5) is 5.69 Å². The molecule has 1 aromatic carbocycles. The third kappa shape index (κ3) is 4.84. The van der Waals surface area contributed by atoms with Crippen molar-refractivity contribution in [2.75, 3.05) is 25.0 Å². The van der Waals surface area contributed by atoms with Crippen LogP contribution >= 0.6 is 0 Å². The highest BCUT2D eigenvalue weighted by atomic mass is 16.5. The number of carbonyl (C=O) groups is 2. The summed E-state index contributed by atoms with van der Waals surface area (Å²) in [6.07, 6.45) is 1.12. The van der Waals surface area contributed by atoms with E-state index in [1.165, 1.54) is 0 Å². The summed E-state index contributed by atoms with van der Waals surface area (Å²) in [5.74, 6) is 0.879. The maximum atomic E-state index is 13.2. The number of hydrogen-bond donors (Lipinski definition) is 1. The number of hydrogen-bond acceptors (Lipinski definition) is 5. The van der Waals surface area contributed by atoms with Crippen LogP contribution < -0.4 is 10.1 Å². The highest BCUT2D eigenvalue weighted by Crippen LogP contribution is 2.28. The first-order chi connectivity index (χ1) is 15.7. The molecule has 1 fully saturated rings. The van der Waals surface area contributed by atoms with Gasteiger partial charge in [-0.25, -0.2) is 9.67 Å². The molecule has 8 nitrogen and oxygen atoms in total. The fourth-order valence-electron chi connectivity index (χ4n) is 4.75. The molecule has 2 amide bonds. The lowest BCUT2D eigenvalue weighted by Gasteiger charge is -2.35. The lowest BCUT2D eigenvalue weighted by atomic mass is 9.91. The van der Waals surface area contributed by atoms with Gasteiger partial charge in [-0.3, -0.25) is 9.59 Å². The van der Waals surface area contributed by atoms with Crippen molar-refractivity contribution >= 4 is 28.5 Å². The largest absolute Gasteiger partial charge is 0.466 e. The number of fused-ring (bicyclic) bond motifs is 1. The van der Waals surface area contributed by atoms with Crippen molar-refractivity contribution < 1.29 is 14.3 Å². The van der Waals surface area contributed by atoms with Crippen molar-refractivity contribution in [2.45, 2.75) is 34.1 Å². The van der Waals surface area contributed by atoms with Gasteiger partial charge in [-0.1, -0.05) is 26.0 Å². The number of pyridine rings is 1. The quantitative estimate of drug-likeness (QED) is 0.641. The molecule has 8 heteroatoms. The molecule has 1 aliphatic rings. The fraction of sp³-hybridized carbons (Fsp3) is 0.440. The van der Waals surface area contributed by atoms with Gasteiger partial charge in [0, 0.05) is 25.8 Å². The smallest absolute Gasteiger partial charge is 0.262 e. The summed E-state index contributed by atoms with van der Waals surface area (Å²) in [5, 5.41) is 8.01. The molecule has 1 aliphatic heterocycles. The second-order valence-electron chi connectivity index (χ2n) is 9.25. The standard InChI is InChI=1S/C25H31N5O3/c1-15-10-16(2)13-30(12-15)25(32)19-8-6-7-9-20(19)27-21(31)14-33-24-22-17(3)11-18(4)26-23(22)29(5)28-24/h6-9,11,15-16H,10,12-14H2,1-5H3,(H,27,31)/t15-,16+. The molecule has 1 saturated heterocycles. The summed E-state index contributed by atoms with van der Waals surface area (Å²) in [6, 6.07) is 9.08. The molecule has 0 unspecified atom stereocenters. The molecule has 0 saturated carbocycles. The van der Waals surface area contributed by atoms with Crippen LogP contribution in [0.15, 0.2) is 30.3 Å². The van der Waals surface area contributed by atoms with Crippen LogP contribution in [-0.2, 0) is 11.8 Å². The topological polar surface area (TPSA) is 89.4 Å². The Hall–Kier alpha value is -3.42. The summed E-state index contributed by atoms with van der Waals surface area (Å²) in [6.45, 7) is 9.47. The molecule has 4 rings (SSSR count). The summed E-state index contributed by atoms with van der Waals surface area (Å²) in [5.41, 5.74) is 3.57. The fourth-order valence-corrected chi connectivity index (χ4v) is 4.75. The van der Waals surface area contributed by atoms with Gasteiger partial charge in [0.05, 0.1) is 16.6 Å². The highest BCUT2D eigenvalue weighted by molar-refractivity contribution is 6.04. The monoisotopic (exact) mass is 449 g/mol. The summed E-state index contributed by atoms with van der Waals surface area (Å²) in [7, 11) is 1.80. The molecule has 0 spiro atoms. The lowest BCUT2D eigenvalue weighted by molar-refractivity contribution is -0.118. The Labute approximate surface area is 193 Å². The van der Waals surface area contributed by atoms with Gasteiger partial charge < -0.3 is 15.0 Å². The number of amides is 2. The Morgan fingerprint density at radius 1 is 1.15 bits per heavy atom. The van der Waals surface area contributed by atoms with E-state index in [2.05, 4.69) is 29.2 Å². The number of ether oxygens (including phenoxy) is 1. The third-order valence-corrected chi connectivity index (χ3v) is 6.01. The molecule has 2 atom stereocenters. The molecule has 1 N–H and O–H groups in total. The predicted octanol–water partition coefficient (Wildman–Crippen LogP) is 3.72. The van der Waals surface area contributed by atoms with E-state index in [1.807, 2.05) is 30.9 Å². The third-order valence-electron chi connectivity index (χ3n) is 6.01. The van der Waals surface area contributed by atoms with Crippen LogP contribution in [-0.4, -0.2) is 51.2 Å². The number of piperidine rings is 1. The van der Waals surface area contributed by atoms with Crippen LogP contribution in [0.3, 0.4) is 0 Å². The van der Waals surface area contributed by atoms with E-state index < -0.39 is 0 Å². The van der Waals surface area contributed by atoms with Crippen LogP contribution in [0.2, 0.25) is 0 Å². The van der Waals surface area contributed by atoms with Gasteiger partial charge in [0.15, 0.2) is 12.3 Å². The zero-order valence-corrected chi connectivity index (χ0v) is 19.9. The van der Waals surface area contributed by atoms with Crippen molar-refractivity contribution in [1.29, 1.82) is 0 Å². The molecule has 0 bridgehead atoms. The Morgan fingerprint density at radius 3 is 2.58 bits per heavy atom. The zero-order chi connectivity index (χ0) is 23.7. The number of likely N-dealkylation sites (tertiary alicyclic amines) is 1. The molecule has 3 heterocycles. The van der Waals surface area contributed by atoms with Gasteiger partial charge in [-0.05, 0) is 55.9 Å². The Kier molecular flexibility index (Phi) is 6.35. The lowest BCUT2D eigenvalue weighted by Crippen LogP contribution is -2.42. The minimum Gasteiger partial charge on any atom is -0.466 e. The van der Waals surface area contributed by atoms with Crippen molar-refractivity contribution in [2.24, 2.45) is 18.9 Å². The van der Waals surface area contributed by atoms with Crippen molar-refractivity contribution in [1.82, 2.24) is 19.7 Å². The van der Waals surface area contributed by atoms with Crippen LogP contribution in [0.25, 0.3) is 11.0 Å². The van der Waals surface area contributed by atoms with Crippen molar-refractivity contribution in [3.63, 3.8) is 0 Å². The first kappa shape index (κ1) is 22.8.